The van der Waals surface area contributed by atoms with Crippen LogP contribution in [0.15, 0.2) is 72.8 Å². The summed E-state index contributed by atoms with van der Waals surface area (Å²) in [6.45, 7) is 3.80. The highest BCUT2D eigenvalue weighted by Crippen LogP contribution is 2.24. The number of nitrogens with zero attached hydrogens (tertiary/aromatic N) is 1. The van der Waals surface area contributed by atoms with Crippen molar-refractivity contribution in [1.29, 1.82) is 0 Å². The third kappa shape index (κ3) is 6.47. The van der Waals surface area contributed by atoms with Gasteiger partial charge < -0.3 is 10.6 Å². The van der Waals surface area contributed by atoms with Gasteiger partial charge in [-0.1, -0.05) is 60.1 Å². The zero-order chi connectivity index (χ0) is 24.8. The molecule has 0 unspecified atom stereocenters. The zero-order valence-electron chi connectivity index (χ0n) is 19.6. The van der Waals surface area contributed by atoms with Crippen LogP contribution < -0.4 is 10.6 Å². The maximum atomic E-state index is 14.1. The Labute approximate surface area is 210 Å². The van der Waals surface area contributed by atoms with Gasteiger partial charge in [-0.15, -0.1) is 0 Å². The molecule has 2 amide bonds. The third-order valence-corrected chi connectivity index (χ3v) is 6.68. The number of piperidine rings is 1. The summed E-state index contributed by atoms with van der Waals surface area (Å²) < 4.78 is 14.1. The third-order valence-electron chi connectivity index (χ3n) is 6.44. The molecule has 3 aromatic carbocycles. The van der Waals surface area contributed by atoms with Gasteiger partial charge in [0.1, 0.15) is 5.82 Å². The number of para-hydroxylation sites is 1. The molecule has 1 saturated heterocycles. The largest absolute Gasteiger partial charge is 0.345 e. The van der Waals surface area contributed by atoms with E-state index >= 15 is 0 Å². The van der Waals surface area contributed by atoms with E-state index in [9.17, 15) is 14.0 Å². The van der Waals surface area contributed by atoms with Gasteiger partial charge in [-0.3, -0.25) is 14.5 Å². The number of anilines is 1. The van der Waals surface area contributed by atoms with Crippen molar-refractivity contribution in [2.45, 2.75) is 32.4 Å². The van der Waals surface area contributed by atoms with Crippen molar-refractivity contribution >= 4 is 29.1 Å². The number of carbonyl (C=O) groups excluding carboxylic acids is 2. The van der Waals surface area contributed by atoms with E-state index in [2.05, 4.69) is 15.5 Å². The van der Waals surface area contributed by atoms with Crippen molar-refractivity contribution in [2.24, 2.45) is 5.92 Å². The maximum absolute atomic E-state index is 14.1. The lowest BCUT2D eigenvalue weighted by molar-refractivity contribution is -0.121. The van der Waals surface area contributed by atoms with Gasteiger partial charge in [0.25, 0.3) is 5.91 Å². The molecule has 4 rings (SSSR count). The molecule has 2 N–H and O–H groups in total. The van der Waals surface area contributed by atoms with Crippen LogP contribution in [0, 0.1) is 11.7 Å². The molecule has 3 aromatic rings. The highest BCUT2D eigenvalue weighted by Gasteiger charge is 2.26. The number of carbonyl (C=O) groups is 2. The van der Waals surface area contributed by atoms with Crippen LogP contribution >= 0.6 is 11.6 Å². The van der Waals surface area contributed by atoms with Crippen LogP contribution in [0.3, 0.4) is 0 Å². The summed E-state index contributed by atoms with van der Waals surface area (Å²) in [6.07, 6.45) is 1.33. The topological polar surface area (TPSA) is 61.4 Å². The lowest BCUT2D eigenvalue weighted by Crippen LogP contribution is -2.38. The van der Waals surface area contributed by atoms with Gasteiger partial charge in [0, 0.05) is 23.0 Å². The first-order valence-electron chi connectivity index (χ1n) is 11.8. The zero-order valence-corrected chi connectivity index (χ0v) is 20.4. The fourth-order valence-electron chi connectivity index (χ4n) is 4.37. The number of rotatable bonds is 7. The molecule has 0 spiro atoms. The minimum absolute atomic E-state index is 0.0984. The Hall–Kier alpha value is -3.22. The summed E-state index contributed by atoms with van der Waals surface area (Å²) in [6, 6.07) is 21.3. The van der Waals surface area contributed by atoms with Gasteiger partial charge in [0.15, 0.2) is 0 Å². The smallest absolute Gasteiger partial charge is 0.253 e. The highest BCUT2D eigenvalue weighted by molar-refractivity contribution is 6.30. The quantitative estimate of drug-likeness (QED) is 0.436. The lowest BCUT2D eigenvalue weighted by atomic mass is 9.95. The number of amides is 2. The Morgan fingerprint density at radius 2 is 1.71 bits per heavy atom. The summed E-state index contributed by atoms with van der Waals surface area (Å²) in [4.78, 5) is 28.1. The summed E-state index contributed by atoms with van der Waals surface area (Å²) >= 11 is 5.84. The van der Waals surface area contributed by atoms with Crippen LogP contribution in [0.4, 0.5) is 10.1 Å². The van der Waals surface area contributed by atoms with Crippen LogP contribution in [-0.2, 0) is 11.3 Å². The van der Waals surface area contributed by atoms with Gasteiger partial charge in [-0.05, 0) is 62.7 Å². The Morgan fingerprint density at radius 1 is 1.03 bits per heavy atom. The second kappa shape index (κ2) is 11.5. The van der Waals surface area contributed by atoms with Gasteiger partial charge >= 0.3 is 0 Å². The van der Waals surface area contributed by atoms with Crippen molar-refractivity contribution in [3.8, 4) is 0 Å². The number of hydrogen-bond acceptors (Lipinski definition) is 3. The monoisotopic (exact) mass is 493 g/mol. The molecule has 7 heteroatoms. The molecule has 5 nitrogen and oxygen atoms in total. The van der Waals surface area contributed by atoms with Crippen LogP contribution in [0.1, 0.15) is 47.3 Å². The number of halogens is 2. The predicted molar refractivity (Wildman–Crippen MR) is 137 cm³/mol. The Bertz CT molecular complexity index is 1180. The maximum Gasteiger partial charge on any atom is 0.253 e. The summed E-state index contributed by atoms with van der Waals surface area (Å²) in [5, 5.41) is 6.35. The van der Waals surface area contributed by atoms with Crippen LogP contribution in [0.25, 0.3) is 0 Å². The van der Waals surface area contributed by atoms with E-state index in [1.165, 1.54) is 6.07 Å². The van der Waals surface area contributed by atoms with Crippen molar-refractivity contribution < 1.29 is 14.0 Å². The molecule has 1 heterocycles. The van der Waals surface area contributed by atoms with E-state index in [1.54, 1.807) is 36.4 Å². The molecule has 0 aliphatic carbocycles. The van der Waals surface area contributed by atoms with E-state index in [-0.39, 0.29) is 29.6 Å². The van der Waals surface area contributed by atoms with E-state index in [0.717, 1.165) is 5.56 Å². The van der Waals surface area contributed by atoms with E-state index in [0.29, 0.717) is 54.3 Å². The first kappa shape index (κ1) is 24.9. The summed E-state index contributed by atoms with van der Waals surface area (Å²) in [5.41, 5.74) is 2.54. The molecule has 0 saturated carbocycles. The van der Waals surface area contributed by atoms with E-state index in [1.807, 2.05) is 37.3 Å². The van der Waals surface area contributed by atoms with E-state index in [4.69, 9.17) is 11.6 Å². The SMILES string of the molecule is C[C@H](NC(=O)c1ccccc1NC(=O)C1CCN(Cc2ccc(Cl)cc2F)CC1)c1ccccc1. The number of hydrogen-bond donors (Lipinski definition) is 2. The van der Waals surface area contributed by atoms with Gasteiger partial charge in [-0.2, -0.15) is 0 Å². The number of nitrogens with one attached hydrogen (secondary N) is 2. The van der Waals surface area contributed by atoms with Crippen molar-refractivity contribution in [2.75, 3.05) is 18.4 Å². The molecule has 1 fully saturated rings. The summed E-state index contributed by atoms with van der Waals surface area (Å²) in [7, 11) is 0. The Kier molecular flexibility index (Phi) is 8.16. The molecule has 0 aromatic heterocycles. The average molecular weight is 494 g/mol. The Morgan fingerprint density at radius 3 is 2.43 bits per heavy atom. The van der Waals surface area contributed by atoms with Gasteiger partial charge in [-0.25, -0.2) is 4.39 Å². The van der Waals surface area contributed by atoms with E-state index < -0.39 is 0 Å². The Balaban J connectivity index is 1.33. The number of benzene rings is 3. The van der Waals surface area contributed by atoms with Crippen molar-refractivity contribution in [3.63, 3.8) is 0 Å². The second-order valence-corrected chi connectivity index (χ2v) is 9.36. The molecule has 1 atom stereocenters. The van der Waals surface area contributed by atoms with Crippen LogP contribution in [0.2, 0.25) is 5.02 Å². The highest BCUT2D eigenvalue weighted by atomic mass is 35.5. The fourth-order valence-corrected chi connectivity index (χ4v) is 4.53. The standard InChI is InChI=1S/C28H29ClFN3O2/c1-19(20-7-3-2-4-8-20)31-28(35)24-9-5-6-10-26(24)32-27(34)21-13-15-33(16-14-21)18-22-11-12-23(29)17-25(22)30/h2-12,17,19,21H,13-16,18H2,1H3,(H,31,35)(H,32,34)/t19-/m0/s1. The molecule has 1 aliphatic rings. The van der Waals surface area contributed by atoms with Crippen LogP contribution in [0.5, 0.6) is 0 Å². The second-order valence-electron chi connectivity index (χ2n) is 8.93. The minimum Gasteiger partial charge on any atom is -0.345 e. The summed E-state index contributed by atoms with van der Waals surface area (Å²) in [5.74, 6) is -0.815. The molecule has 35 heavy (non-hydrogen) atoms. The lowest BCUT2D eigenvalue weighted by Gasteiger charge is -2.31. The van der Waals surface area contributed by atoms with Crippen LogP contribution in [-0.4, -0.2) is 29.8 Å². The molecule has 0 radical (unpaired) electrons. The first-order chi connectivity index (χ1) is 16.9. The fraction of sp³-hybridized carbons (Fsp3) is 0.286. The molecule has 1 aliphatic heterocycles. The van der Waals surface area contributed by atoms with Gasteiger partial charge in [0.2, 0.25) is 5.91 Å². The van der Waals surface area contributed by atoms with Crippen molar-refractivity contribution in [1.82, 2.24) is 10.2 Å². The molecular formula is C28H29ClFN3O2. The minimum atomic E-state index is -0.311. The van der Waals surface area contributed by atoms with Crippen molar-refractivity contribution in [3.05, 3.63) is 100 Å². The molecule has 182 valence electrons. The average Bonchev–Trinajstić information content (AvgIpc) is 2.87. The normalized spacial score (nSPS) is 15.4. The molecular weight excluding hydrogens is 465 g/mol. The molecule has 0 bridgehead atoms. The van der Waals surface area contributed by atoms with Gasteiger partial charge in [0.05, 0.1) is 17.3 Å². The first-order valence-corrected chi connectivity index (χ1v) is 12.2. The number of likely N-dealkylation sites (tertiary alicyclic amines) is 1. The predicted octanol–water partition coefficient (Wildman–Crippen LogP) is 5.82.